The zero-order chi connectivity index (χ0) is 13.2. The van der Waals surface area contributed by atoms with Crippen LogP contribution in [-0.2, 0) is 4.79 Å². The van der Waals surface area contributed by atoms with Gasteiger partial charge in [-0.25, -0.2) is 0 Å². The molecule has 1 saturated heterocycles. The largest absolute Gasteiger partial charge is 0.302 e. The summed E-state index contributed by atoms with van der Waals surface area (Å²) in [7, 11) is 1.88. The summed E-state index contributed by atoms with van der Waals surface area (Å²) in [5, 5.41) is 0. The molecule has 3 atom stereocenters. The first-order valence-electron chi connectivity index (χ1n) is 7.67. The molecular formula is C15H23N3O. The van der Waals surface area contributed by atoms with E-state index in [9.17, 15) is 4.79 Å². The average molecular weight is 261 g/mol. The summed E-state index contributed by atoms with van der Waals surface area (Å²) in [6.45, 7) is 5.53. The highest BCUT2D eigenvalue weighted by atomic mass is 16.2. The van der Waals surface area contributed by atoms with E-state index in [4.69, 9.17) is 4.99 Å². The maximum absolute atomic E-state index is 12.6. The summed E-state index contributed by atoms with van der Waals surface area (Å²) in [5.74, 6) is 3.28. The number of hydrogen-bond acceptors (Lipinski definition) is 3. The highest BCUT2D eigenvalue weighted by Gasteiger charge is 2.60. The van der Waals surface area contributed by atoms with Gasteiger partial charge in [0.1, 0.15) is 11.4 Å². The van der Waals surface area contributed by atoms with Crippen LogP contribution in [0.25, 0.3) is 0 Å². The van der Waals surface area contributed by atoms with Crippen molar-refractivity contribution in [2.45, 2.75) is 38.1 Å². The molecule has 0 aromatic rings. The number of fused-ring (bicyclic) bond motifs is 2. The Hall–Kier alpha value is -0.900. The molecule has 4 nitrogen and oxygen atoms in total. The van der Waals surface area contributed by atoms with Crippen LogP contribution >= 0.6 is 0 Å². The van der Waals surface area contributed by atoms with Crippen LogP contribution in [0.4, 0.5) is 0 Å². The Kier molecular flexibility index (Phi) is 2.39. The van der Waals surface area contributed by atoms with Crippen molar-refractivity contribution in [1.82, 2.24) is 9.80 Å². The van der Waals surface area contributed by atoms with Crippen LogP contribution in [0.3, 0.4) is 0 Å². The minimum Gasteiger partial charge on any atom is -0.302 e. The van der Waals surface area contributed by atoms with Gasteiger partial charge in [-0.3, -0.25) is 9.79 Å². The predicted octanol–water partition coefficient (Wildman–Crippen LogP) is 1.37. The van der Waals surface area contributed by atoms with E-state index in [2.05, 4.69) is 4.90 Å². The lowest BCUT2D eigenvalue weighted by atomic mass is 9.85. The predicted molar refractivity (Wildman–Crippen MR) is 74.0 cm³/mol. The zero-order valence-electron chi connectivity index (χ0n) is 11.9. The number of likely N-dealkylation sites (tertiary alicyclic amines) is 1. The summed E-state index contributed by atoms with van der Waals surface area (Å²) in [4.78, 5) is 21.8. The first kappa shape index (κ1) is 11.9. The second-order valence-corrected chi connectivity index (χ2v) is 7.01. The fraction of sp³-hybridized carbons (Fsp3) is 0.867. The van der Waals surface area contributed by atoms with Gasteiger partial charge in [-0.05, 0) is 44.4 Å². The van der Waals surface area contributed by atoms with Crippen molar-refractivity contribution < 1.29 is 4.79 Å². The van der Waals surface area contributed by atoms with E-state index in [-0.39, 0.29) is 11.4 Å². The lowest BCUT2D eigenvalue weighted by Crippen LogP contribution is -2.45. The van der Waals surface area contributed by atoms with E-state index in [0.29, 0.717) is 11.8 Å². The first-order valence-corrected chi connectivity index (χ1v) is 7.67. The van der Waals surface area contributed by atoms with E-state index in [1.54, 1.807) is 4.90 Å². The van der Waals surface area contributed by atoms with E-state index >= 15 is 0 Å². The Labute approximate surface area is 114 Å². The summed E-state index contributed by atoms with van der Waals surface area (Å²) in [5.41, 5.74) is -0.387. The normalized spacial score (nSPS) is 42.3. The number of aliphatic imine (C=N–C) groups is 1. The number of likely N-dealkylation sites (N-methyl/N-ethyl adjacent to an activating group) is 1. The summed E-state index contributed by atoms with van der Waals surface area (Å²) >= 11 is 0. The minimum atomic E-state index is -0.387. The quantitative estimate of drug-likeness (QED) is 0.752. The molecule has 0 unspecified atom stereocenters. The number of amides is 1. The van der Waals surface area contributed by atoms with Crippen molar-refractivity contribution in [2.24, 2.45) is 22.7 Å². The highest BCUT2D eigenvalue weighted by molar-refractivity contribution is 6.07. The van der Waals surface area contributed by atoms with E-state index in [1.165, 1.54) is 32.4 Å². The minimum absolute atomic E-state index is 0.255. The van der Waals surface area contributed by atoms with Crippen LogP contribution < -0.4 is 0 Å². The standard InChI is InChI=1S/C15H23N3O/c1-10-16-15(14(19)17(10)2)6-5-12-8-18(9-13(12)15)7-11-3-4-11/h11-13H,3-9H2,1-2H3/t12-,13+,15-/m1/s1. The third-order valence-electron chi connectivity index (χ3n) is 5.76. The molecule has 2 aliphatic heterocycles. The van der Waals surface area contributed by atoms with Gasteiger partial charge in [0.2, 0.25) is 0 Å². The molecule has 19 heavy (non-hydrogen) atoms. The van der Waals surface area contributed by atoms with Crippen LogP contribution in [0.15, 0.2) is 4.99 Å². The van der Waals surface area contributed by atoms with Gasteiger partial charge in [-0.2, -0.15) is 0 Å². The lowest BCUT2D eigenvalue weighted by Gasteiger charge is -2.27. The van der Waals surface area contributed by atoms with Crippen LogP contribution in [0.1, 0.15) is 32.6 Å². The Bertz CT molecular complexity index is 456. The van der Waals surface area contributed by atoms with Crippen molar-refractivity contribution in [3.05, 3.63) is 0 Å². The highest BCUT2D eigenvalue weighted by Crippen LogP contribution is 2.50. The third-order valence-corrected chi connectivity index (χ3v) is 5.76. The third kappa shape index (κ3) is 1.62. The van der Waals surface area contributed by atoms with Crippen molar-refractivity contribution >= 4 is 11.7 Å². The second-order valence-electron chi connectivity index (χ2n) is 7.01. The number of hydrogen-bond donors (Lipinski definition) is 0. The molecule has 104 valence electrons. The van der Waals surface area contributed by atoms with Gasteiger partial charge in [0, 0.05) is 32.6 Å². The van der Waals surface area contributed by atoms with Crippen molar-refractivity contribution in [2.75, 3.05) is 26.7 Å². The monoisotopic (exact) mass is 261 g/mol. The van der Waals surface area contributed by atoms with Gasteiger partial charge in [0.05, 0.1) is 0 Å². The second kappa shape index (κ2) is 3.81. The summed E-state index contributed by atoms with van der Waals surface area (Å²) < 4.78 is 0. The topological polar surface area (TPSA) is 35.9 Å². The van der Waals surface area contributed by atoms with E-state index in [1.807, 2.05) is 14.0 Å². The van der Waals surface area contributed by atoms with Gasteiger partial charge in [-0.15, -0.1) is 0 Å². The molecule has 0 aromatic carbocycles. The molecule has 3 fully saturated rings. The SMILES string of the molecule is CC1=N[C@@]2(CC[C@@H]3CN(CC4CC4)C[C@@H]32)C(=O)N1C. The first-order chi connectivity index (χ1) is 9.10. The molecule has 0 radical (unpaired) electrons. The van der Waals surface area contributed by atoms with Crippen LogP contribution in [0.2, 0.25) is 0 Å². The van der Waals surface area contributed by atoms with Crippen molar-refractivity contribution in [3.63, 3.8) is 0 Å². The molecule has 4 aliphatic rings. The molecule has 0 aromatic heterocycles. The maximum Gasteiger partial charge on any atom is 0.255 e. The molecule has 1 spiro atoms. The number of carbonyl (C=O) groups excluding carboxylic acids is 1. The maximum atomic E-state index is 12.6. The molecule has 2 saturated carbocycles. The molecule has 2 heterocycles. The molecular weight excluding hydrogens is 238 g/mol. The molecule has 0 N–H and O–H groups in total. The molecule has 4 heteroatoms. The zero-order valence-corrected chi connectivity index (χ0v) is 11.9. The smallest absolute Gasteiger partial charge is 0.255 e. The molecule has 4 rings (SSSR count). The lowest BCUT2D eigenvalue weighted by molar-refractivity contribution is -0.131. The summed E-state index contributed by atoms with van der Waals surface area (Å²) in [6.07, 6.45) is 4.98. The Balaban J connectivity index is 1.57. The molecule has 1 amide bonds. The number of rotatable bonds is 2. The van der Waals surface area contributed by atoms with Gasteiger partial charge < -0.3 is 9.80 Å². The Morgan fingerprint density at radius 2 is 2.11 bits per heavy atom. The van der Waals surface area contributed by atoms with E-state index in [0.717, 1.165) is 24.7 Å². The fourth-order valence-corrected chi connectivity index (χ4v) is 4.45. The molecule has 2 aliphatic carbocycles. The number of carbonyl (C=O) groups is 1. The van der Waals surface area contributed by atoms with Gasteiger partial charge in [-0.1, -0.05) is 0 Å². The van der Waals surface area contributed by atoms with Gasteiger partial charge in [0.25, 0.3) is 5.91 Å². The van der Waals surface area contributed by atoms with Gasteiger partial charge in [0.15, 0.2) is 0 Å². The van der Waals surface area contributed by atoms with Crippen LogP contribution in [0.5, 0.6) is 0 Å². The van der Waals surface area contributed by atoms with Crippen LogP contribution in [0, 0.1) is 17.8 Å². The average Bonchev–Trinajstić information content (AvgIpc) is 2.94. The summed E-state index contributed by atoms with van der Waals surface area (Å²) in [6, 6.07) is 0. The van der Waals surface area contributed by atoms with Crippen molar-refractivity contribution in [3.8, 4) is 0 Å². The fourth-order valence-electron chi connectivity index (χ4n) is 4.45. The van der Waals surface area contributed by atoms with Gasteiger partial charge >= 0.3 is 0 Å². The Morgan fingerprint density at radius 3 is 2.74 bits per heavy atom. The van der Waals surface area contributed by atoms with E-state index < -0.39 is 0 Å². The number of nitrogens with zero attached hydrogens (tertiary/aromatic N) is 3. The van der Waals surface area contributed by atoms with Crippen molar-refractivity contribution in [1.29, 1.82) is 0 Å². The van der Waals surface area contributed by atoms with Crippen LogP contribution in [-0.4, -0.2) is 53.8 Å². The molecule has 0 bridgehead atoms. The number of amidine groups is 1. The Morgan fingerprint density at radius 1 is 1.32 bits per heavy atom.